The predicted molar refractivity (Wildman–Crippen MR) is 65.7 cm³/mol. The Morgan fingerprint density at radius 3 is 2.93 bits per heavy atom. The minimum absolute atomic E-state index is 0.456. The van der Waals surface area contributed by atoms with Crippen LogP contribution in [0.25, 0.3) is 0 Å². The molecular weight excluding hydrogens is 258 g/mol. The molecule has 78 valence electrons. The maximum Gasteiger partial charge on any atom is 0.0701 e. The molecule has 2 unspecified atom stereocenters. The van der Waals surface area contributed by atoms with Crippen molar-refractivity contribution in [2.24, 2.45) is 11.7 Å². The first-order valence-electron chi connectivity index (χ1n) is 5.24. The molecule has 0 aliphatic heterocycles. The normalized spacial score (nSPS) is 27.9. The molecule has 0 radical (unpaired) electrons. The molecule has 0 bridgehead atoms. The van der Waals surface area contributed by atoms with Crippen LogP contribution in [0.1, 0.15) is 30.6 Å². The van der Waals surface area contributed by atoms with Crippen LogP contribution in [0.3, 0.4) is 0 Å². The molecule has 1 fully saturated rings. The summed E-state index contributed by atoms with van der Waals surface area (Å²) in [6.45, 7) is 0. The van der Waals surface area contributed by atoms with E-state index < -0.39 is 0 Å². The molecular formula is C11H16BrNS. The van der Waals surface area contributed by atoms with Crippen molar-refractivity contribution >= 4 is 27.3 Å². The van der Waals surface area contributed by atoms with Gasteiger partial charge in [0.15, 0.2) is 0 Å². The summed E-state index contributed by atoms with van der Waals surface area (Å²) in [5, 5.41) is 0. The quantitative estimate of drug-likeness (QED) is 0.876. The summed E-state index contributed by atoms with van der Waals surface area (Å²) < 4.78 is 1.24. The van der Waals surface area contributed by atoms with E-state index in [1.165, 1.54) is 40.8 Å². The first-order chi connectivity index (χ1) is 6.74. The fourth-order valence-corrected chi connectivity index (χ4v) is 3.86. The Balaban J connectivity index is 1.90. The summed E-state index contributed by atoms with van der Waals surface area (Å²) in [5.74, 6) is 0.823. The van der Waals surface area contributed by atoms with Crippen molar-refractivity contribution in [2.75, 3.05) is 0 Å². The zero-order chi connectivity index (χ0) is 9.97. The second-order valence-electron chi connectivity index (χ2n) is 4.20. The Kier molecular flexibility index (Phi) is 3.63. The topological polar surface area (TPSA) is 26.0 Å². The van der Waals surface area contributed by atoms with Crippen LogP contribution < -0.4 is 5.73 Å². The zero-order valence-electron chi connectivity index (χ0n) is 8.21. The van der Waals surface area contributed by atoms with Crippen molar-refractivity contribution < 1.29 is 0 Å². The number of hydrogen-bond acceptors (Lipinski definition) is 2. The summed E-state index contributed by atoms with van der Waals surface area (Å²) in [6.07, 6.45) is 6.35. The van der Waals surface area contributed by atoms with Gasteiger partial charge in [-0.2, -0.15) is 0 Å². The highest BCUT2D eigenvalue weighted by atomic mass is 79.9. The number of nitrogens with two attached hydrogens (primary N) is 1. The largest absolute Gasteiger partial charge is 0.328 e. The highest BCUT2D eigenvalue weighted by molar-refractivity contribution is 9.11. The maximum absolute atomic E-state index is 5.98. The van der Waals surface area contributed by atoms with Gasteiger partial charge in [0.05, 0.1) is 3.79 Å². The van der Waals surface area contributed by atoms with Gasteiger partial charge in [-0.15, -0.1) is 11.3 Å². The summed E-state index contributed by atoms with van der Waals surface area (Å²) in [4.78, 5) is 1.50. The lowest BCUT2D eigenvalue weighted by Gasteiger charge is -2.26. The number of halogens is 1. The van der Waals surface area contributed by atoms with Gasteiger partial charge in [0.2, 0.25) is 0 Å². The van der Waals surface area contributed by atoms with Gasteiger partial charge < -0.3 is 5.73 Å². The number of thiophene rings is 1. The number of hydrogen-bond donors (Lipinski definition) is 1. The molecule has 1 aliphatic carbocycles. The Hall–Kier alpha value is 0.140. The van der Waals surface area contributed by atoms with Gasteiger partial charge in [-0.3, -0.25) is 0 Å². The summed E-state index contributed by atoms with van der Waals surface area (Å²) >= 11 is 5.36. The SMILES string of the molecule is NC1CCCC(Cc2ccc(Br)s2)C1. The minimum Gasteiger partial charge on any atom is -0.328 e. The van der Waals surface area contributed by atoms with Gasteiger partial charge in [0.1, 0.15) is 0 Å². The standard InChI is InChI=1S/C11H16BrNS/c12-11-5-4-10(14-11)7-8-2-1-3-9(13)6-8/h4-5,8-9H,1-3,6-7,13H2. The van der Waals surface area contributed by atoms with Crippen molar-refractivity contribution in [2.45, 2.75) is 38.1 Å². The molecule has 0 aromatic carbocycles. The van der Waals surface area contributed by atoms with Crippen LogP contribution in [0.4, 0.5) is 0 Å². The third-order valence-corrected chi connectivity index (χ3v) is 4.59. The molecule has 1 aromatic heterocycles. The fraction of sp³-hybridized carbons (Fsp3) is 0.636. The third kappa shape index (κ3) is 2.81. The van der Waals surface area contributed by atoms with Crippen molar-refractivity contribution in [1.29, 1.82) is 0 Å². The zero-order valence-corrected chi connectivity index (χ0v) is 10.6. The van der Waals surface area contributed by atoms with E-state index in [0.29, 0.717) is 6.04 Å². The van der Waals surface area contributed by atoms with Crippen LogP contribution in [-0.2, 0) is 6.42 Å². The van der Waals surface area contributed by atoms with E-state index in [4.69, 9.17) is 5.73 Å². The lowest BCUT2D eigenvalue weighted by Crippen LogP contribution is -2.28. The van der Waals surface area contributed by atoms with Crippen molar-refractivity contribution in [1.82, 2.24) is 0 Å². The Labute approximate surface area is 97.8 Å². The van der Waals surface area contributed by atoms with E-state index in [9.17, 15) is 0 Å². The van der Waals surface area contributed by atoms with E-state index in [0.717, 1.165) is 5.92 Å². The molecule has 1 nitrogen and oxygen atoms in total. The van der Waals surface area contributed by atoms with E-state index >= 15 is 0 Å². The summed E-state index contributed by atoms with van der Waals surface area (Å²) in [7, 11) is 0. The minimum atomic E-state index is 0.456. The third-order valence-electron chi connectivity index (χ3n) is 2.94. The highest BCUT2D eigenvalue weighted by Gasteiger charge is 2.19. The molecule has 3 heteroatoms. The highest BCUT2D eigenvalue weighted by Crippen LogP contribution is 2.30. The van der Waals surface area contributed by atoms with E-state index in [2.05, 4.69) is 28.1 Å². The van der Waals surface area contributed by atoms with E-state index in [-0.39, 0.29) is 0 Å². The molecule has 0 spiro atoms. The molecule has 0 saturated heterocycles. The molecule has 1 heterocycles. The van der Waals surface area contributed by atoms with Crippen molar-refractivity contribution in [3.8, 4) is 0 Å². The van der Waals surface area contributed by atoms with Gasteiger partial charge >= 0.3 is 0 Å². The van der Waals surface area contributed by atoms with Crippen LogP contribution in [0.15, 0.2) is 15.9 Å². The maximum atomic E-state index is 5.98. The average Bonchev–Trinajstić information content (AvgIpc) is 2.51. The van der Waals surface area contributed by atoms with Crippen molar-refractivity contribution in [3.05, 3.63) is 20.8 Å². The lowest BCUT2D eigenvalue weighted by atomic mass is 9.84. The lowest BCUT2D eigenvalue weighted by molar-refractivity contribution is 0.322. The summed E-state index contributed by atoms with van der Waals surface area (Å²) in [5.41, 5.74) is 5.98. The predicted octanol–water partition coefficient (Wildman–Crippen LogP) is 3.57. The molecule has 2 rings (SSSR count). The smallest absolute Gasteiger partial charge is 0.0701 e. The van der Waals surface area contributed by atoms with E-state index in [1.54, 1.807) is 0 Å². The molecule has 1 aromatic rings. The van der Waals surface area contributed by atoms with Crippen LogP contribution in [0, 0.1) is 5.92 Å². The first kappa shape index (κ1) is 10.7. The average molecular weight is 274 g/mol. The van der Waals surface area contributed by atoms with Gasteiger partial charge in [-0.1, -0.05) is 6.42 Å². The summed E-state index contributed by atoms with van der Waals surface area (Å²) in [6, 6.07) is 4.83. The van der Waals surface area contributed by atoms with Crippen LogP contribution in [0.2, 0.25) is 0 Å². The van der Waals surface area contributed by atoms with Gasteiger partial charge in [0, 0.05) is 10.9 Å². The van der Waals surface area contributed by atoms with Crippen LogP contribution in [0.5, 0.6) is 0 Å². The molecule has 1 aliphatic rings. The molecule has 2 atom stereocenters. The Bertz CT molecular complexity index is 297. The first-order valence-corrected chi connectivity index (χ1v) is 6.85. The van der Waals surface area contributed by atoms with E-state index in [1.807, 2.05) is 11.3 Å². The monoisotopic (exact) mass is 273 g/mol. The second-order valence-corrected chi connectivity index (χ2v) is 6.75. The van der Waals surface area contributed by atoms with Gasteiger partial charge in [-0.25, -0.2) is 0 Å². The van der Waals surface area contributed by atoms with Gasteiger partial charge in [0.25, 0.3) is 0 Å². The molecule has 0 amide bonds. The van der Waals surface area contributed by atoms with Crippen molar-refractivity contribution in [3.63, 3.8) is 0 Å². The Morgan fingerprint density at radius 1 is 1.43 bits per heavy atom. The molecule has 1 saturated carbocycles. The number of rotatable bonds is 2. The molecule has 14 heavy (non-hydrogen) atoms. The van der Waals surface area contributed by atoms with Gasteiger partial charge in [-0.05, 0) is 59.7 Å². The Morgan fingerprint density at radius 2 is 2.29 bits per heavy atom. The second kappa shape index (κ2) is 4.77. The fourth-order valence-electron chi connectivity index (χ4n) is 2.26. The van der Waals surface area contributed by atoms with Crippen LogP contribution in [-0.4, -0.2) is 6.04 Å². The van der Waals surface area contributed by atoms with Crippen LogP contribution >= 0.6 is 27.3 Å². The molecule has 2 N–H and O–H groups in total.